The number of nitrogens with zero attached hydrogens (tertiary/aromatic N) is 3. The van der Waals surface area contributed by atoms with E-state index in [9.17, 15) is 0 Å². The number of nitrogens with two attached hydrogens (primary N) is 1. The first-order valence-electron chi connectivity index (χ1n) is 6.61. The fourth-order valence-corrected chi connectivity index (χ4v) is 1.95. The Morgan fingerprint density at radius 1 is 1.33 bits per heavy atom. The van der Waals surface area contributed by atoms with Crippen LogP contribution in [0.15, 0.2) is 35.6 Å². The maximum Gasteiger partial charge on any atom is 0.250 e. The molecule has 0 saturated carbocycles. The minimum absolute atomic E-state index is 0.0707. The number of aryl methyl sites for hydroxylation is 1. The van der Waals surface area contributed by atoms with Crippen molar-refractivity contribution in [2.75, 3.05) is 0 Å². The SMILES string of the molecule is Cc1ccc(C(C)C)c(Oc2nnccc2/C(N)=N/O)c1. The number of amidine groups is 1. The Morgan fingerprint density at radius 2 is 2.10 bits per heavy atom. The lowest BCUT2D eigenvalue weighted by Crippen LogP contribution is -2.15. The molecule has 0 amide bonds. The van der Waals surface area contributed by atoms with Crippen molar-refractivity contribution in [3.05, 3.63) is 47.2 Å². The molecule has 0 bridgehead atoms. The highest BCUT2D eigenvalue weighted by Crippen LogP contribution is 2.31. The molecule has 3 N–H and O–H groups in total. The lowest BCUT2D eigenvalue weighted by atomic mass is 10.0. The van der Waals surface area contributed by atoms with Gasteiger partial charge in [-0.3, -0.25) is 0 Å². The molecule has 1 aromatic carbocycles. The molecule has 6 heteroatoms. The van der Waals surface area contributed by atoms with Crippen molar-refractivity contribution in [2.45, 2.75) is 26.7 Å². The van der Waals surface area contributed by atoms with E-state index in [4.69, 9.17) is 15.7 Å². The summed E-state index contributed by atoms with van der Waals surface area (Å²) in [6, 6.07) is 7.57. The van der Waals surface area contributed by atoms with Gasteiger partial charge in [-0.15, -0.1) is 5.10 Å². The summed E-state index contributed by atoms with van der Waals surface area (Å²) in [5, 5.41) is 19.5. The van der Waals surface area contributed by atoms with Crippen LogP contribution in [0.25, 0.3) is 0 Å². The molecule has 0 aliphatic heterocycles. The van der Waals surface area contributed by atoms with Crippen molar-refractivity contribution >= 4 is 5.84 Å². The summed E-state index contributed by atoms with van der Waals surface area (Å²) in [5.41, 5.74) is 8.15. The van der Waals surface area contributed by atoms with Gasteiger partial charge in [0.2, 0.25) is 5.88 Å². The van der Waals surface area contributed by atoms with Crippen LogP contribution in [0.3, 0.4) is 0 Å². The van der Waals surface area contributed by atoms with Gasteiger partial charge in [-0.05, 0) is 36.1 Å². The molecule has 110 valence electrons. The molecule has 0 unspecified atom stereocenters. The first-order valence-corrected chi connectivity index (χ1v) is 6.61. The zero-order chi connectivity index (χ0) is 15.4. The van der Waals surface area contributed by atoms with Gasteiger partial charge in [0.25, 0.3) is 0 Å². The molecule has 21 heavy (non-hydrogen) atoms. The molecular formula is C15H18N4O2. The molecule has 1 heterocycles. The van der Waals surface area contributed by atoms with Gasteiger partial charge in [0.05, 0.1) is 11.8 Å². The van der Waals surface area contributed by atoms with Crippen LogP contribution in [-0.4, -0.2) is 21.2 Å². The van der Waals surface area contributed by atoms with E-state index in [1.165, 1.54) is 6.20 Å². The minimum Gasteiger partial charge on any atom is -0.437 e. The van der Waals surface area contributed by atoms with Crippen molar-refractivity contribution < 1.29 is 9.94 Å². The van der Waals surface area contributed by atoms with E-state index >= 15 is 0 Å². The topological polar surface area (TPSA) is 93.6 Å². The first kappa shape index (κ1) is 14.8. The zero-order valence-electron chi connectivity index (χ0n) is 12.2. The second kappa shape index (κ2) is 6.21. The van der Waals surface area contributed by atoms with Gasteiger partial charge in [0.1, 0.15) is 5.75 Å². The van der Waals surface area contributed by atoms with Crippen LogP contribution in [0, 0.1) is 6.92 Å². The maximum absolute atomic E-state index is 8.82. The zero-order valence-corrected chi connectivity index (χ0v) is 12.2. The number of rotatable bonds is 4. The van der Waals surface area contributed by atoms with E-state index in [2.05, 4.69) is 29.2 Å². The van der Waals surface area contributed by atoms with Crippen LogP contribution >= 0.6 is 0 Å². The van der Waals surface area contributed by atoms with Crippen molar-refractivity contribution in [3.63, 3.8) is 0 Å². The minimum atomic E-state index is -0.0707. The second-order valence-corrected chi connectivity index (χ2v) is 5.03. The Kier molecular flexibility index (Phi) is 4.37. The van der Waals surface area contributed by atoms with Gasteiger partial charge < -0.3 is 15.7 Å². The molecule has 0 atom stereocenters. The van der Waals surface area contributed by atoms with E-state index in [0.29, 0.717) is 17.2 Å². The Labute approximate surface area is 123 Å². The van der Waals surface area contributed by atoms with Crippen molar-refractivity contribution in [2.24, 2.45) is 10.9 Å². The van der Waals surface area contributed by atoms with Crippen LogP contribution in [0.4, 0.5) is 0 Å². The van der Waals surface area contributed by atoms with Crippen molar-refractivity contribution in [3.8, 4) is 11.6 Å². The third-order valence-corrected chi connectivity index (χ3v) is 3.07. The van der Waals surface area contributed by atoms with Gasteiger partial charge >= 0.3 is 0 Å². The average molecular weight is 286 g/mol. The molecule has 6 nitrogen and oxygen atoms in total. The Bertz CT molecular complexity index is 668. The predicted octanol–water partition coefficient (Wildman–Crippen LogP) is 2.80. The normalized spacial score (nSPS) is 11.7. The first-order chi connectivity index (χ1) is 10.0. The van der Waals surface area contributed by atoms with Crippen LogP contribution in [-0.2, 0) is 0 Å². The predicted molar refractivity (Wildman–Crippen MR) is 79.9 cm³/mol. The summed E-state index contributed by atoms with van der Waals surface area (Å²) in [5.74, 6) is 1.13. The molecule has 0 radical (unpaired) electrons. The fraction of sp³-hybridized carbons (Fsp3) is 0.267. The highest BCUT2D eigenvalue weighted by molar-refractivity contribution is 5.98. The highest BCUT2D eigenvalue weighted by atomic mass is 16.5. The van der Waals surface area contributed by atoms with Crippen LogP contribution in [0.1, 0.15) is 36.5 Å². The van der Waals surface area contributed by atoms with E-state index in [0.717, 1.165) is 11.1 Å². The summed E-state index contributed by atoms with van der Waals surface area (Å²) in [6.45, 7) is 6.15. The van der Waals surface area contributed by atoms with Gasteiger partial charge in [-0.1, -0.05) is 31.1 Å². The molecule has 0 spiro atoms. The molecule has 1 aromatic heterocycles. The summed E-state index contributed by atoms with van der Waals surface area (Å²) in [6.07, 6.45) is 1.46. The van der Waals surface area contributed by atoms with Gasteiger partial charge in [-0.2, -0.15) is 5.10 Å². The van der Waals surface area contributed by atoms with E-state index in [1.54, 1.807) is 6.07 Å². The number of aromatic nitrogens is 2. The van der Waals surface area contributed by atoms with Gasteiger partial charge in [0, 0.05) is 0 Å². The average Bonchev–Trinajstić information content (AvgIpc) is 2.47. The Hall–Kier alpha value is -2.63. The van der Waals surface area contributed by atoms with E-state index in [-0.39, 0.29) is 11.7 Å². The summed E-state index contributed by atoms with van der Waals surface area (Å²) in [4.78, 5) is 0. The summed E-state index contributed by atoms with van der Waals surface area (Å²) in [7, 11) is 0. The van der Waals surface area contributed by atoms with Crippen molar-refractivity contribution in [1.29, 1.82) is 0 Å². The van der Waals surface area contributed by atoms with Crippen molar-refractivity contribution in [1.82, 2.24) is 10.2 Å². The molecule has 2 rings (SSSR count). The standard InChI is InChI=1S/C15H18N4O2/c1-9(2)11-5-4-10(3)8-13(11)21-15-12(14(16)19-20)6-7-17-18-15/h4-9,20H,1-3H3,(H2,16,19). The van der Waals surface area contributed by atoms with Gasteiger partial charge in [0.15, 0.2) is 5.84 Å². The summed E-state index contributed by atoms with van der Waals surface area (Å²) < 4.78 is 5.86. The smallest absolute Gasteiger partial charge is 0.250 e. The maximum atomic E-state index is 8.82. The monoisotopic (exact) mass is 286 g/mol. The number of benzene rings is 1. The molecular weight excluding hydrogens is 268 g/mol. The number of ether oxygens (including phenoxy) is 1. The highest BCUT2D eigenvalue weighted by Gasteiger charge is 2.14. The van der Waals surface area contributed by atoms with Crippen LogP contribution in [0.2, 0.25) is 0 Å². The lowest BCUT2D eigenvalue weighted by Gasteiger charge is -2.15. The number of hydrogen-bond acceptors (Lipinski definition) is 5. The third kappa shape index (κ3) is 3.28. The molecule has 0 aliphatic carbocycles. The summed E-state index contributed by atoms with van der Waals surface area (Å²) >= 11 is 0. The number of hydrogen-bond donors (Lipinski definition) is 2. The molecule has 0 saturated heterocycles. The van der Waals surface area contributed by atoms with Crippen LogP contribution in [0.5, 0.6) is 11.6 Å². The molecule has 0 fully saturated rings. The fourth-order valence-electron chi connectivity index (χ4n) is 1.95. The number of oxime groups is 1. The van der Waals surface area contributed by atoms with Crippen LogP contribution < -0.4 is 10.5 Å². The Morgan fingerprint density at radius 3 is 2.76 bits per heavy atom. The largest absolute Gasteiger partial charge is 0.437 e. The second-order valence-electron chi connectivity index (χ2n) is 5.03. The van der Waals surface area contributed by atoms with E-state index in [1.807, 2.05) is 25.1 Å². The van der Waals surface area contributed by atoms with E-state index < -0.39 is 0 Å². The Balaban J connectivity index is 2.46. The quantitative estimate of drug-likeness (QED) is 0.390. The molecule has 0 aliphatic rings. The van der Waals surface area contributed by atoms with Gasteiger partial charge in [-0.25, -0.2) is 0 Å². The lowest BCUT2D eigenvalue weighted by molar-refractivity contribution is 0.318. The third-order valence-electron chi connectivity index (χ3n) is 3.07. The molecule has 2 aromatic rings.